The van der Waals surface area contributed by atoms with E-state index in [0.29, 0.717) is 20.6 Å². The quantitative estimate of drug-likeness (QED) is 0.876. The van der Waals surface area contributed by atoms with Crippen LogP contribution in [0.2, 0.25) is 15.1 Å². The van der Waals surface area contributed by atoms with Crippen molar-refractivity contribution < 1.29 is 4.79 Å². The van der Waals surface area contributed by atoms with Gasteiger partial charge in [-0.15, -0.1) is 0 Å². The minimum atomic E-state index is -0.216. The standard InChI is InChI=1S/C15H11Cl3N2O/c16-11-3-1-8-9(14(11)18)2-4-13(8)20-15(21)10-5-6-19-7-12(10)17/h1,3,5-7,13H,2,4H2,(H,20,21)/t13-/m0/s1. The maximum absolute atomic E-state index is 12.3. The third-order valence-electron chi connectivity index (χ3n) is 3.61. The van der Waals surface area contributed by atoms with Crippen molar-refractivity contribution in [2.24, 2.45) is 0 Å². The van der Waals surface area contributed by atoms with Crippen molar-refractivity contribution in [2.45, 2.75) is 18.9 Å². The summed E-state index contributed by atoms with van der Waals surface area (Å²) in [5.74, 6) is -0.216. The van der Waals surface area contributed by atoms with E-state index >= 15 is 0 Å². The molecule has 0 bridgehead atoms. The monoisotopic (exact) mass is 340 g/mol. The summed E-state index contributed by atoms with van der Waals surface area (Å²) in [7, 11) is 0. The first-order valence-electron chi connectivity index (χ1n) is 6.45. The highest BCUT2D eigenvalue weighted by molar-refractivity contribution is 6.42. The number of nitrogens with one attached hydrogen (secondary N) is 1. The summed E-state index contributed by atoms with van der Waals surface area (Å²) in [5, 5.41) is 4.44. The van der Waals surface area contributed by atoms with Crippen LogP contribution < -0.4 is 5.32 Å². The first-order valence-corrected chi connectivity index (χ1v) is 7.58. The van der Waals surface area contributed by atoms with Crippen LogP contribution in [0.15, 0.2) is 30.6 Å². The van der Waals surface area contributed by atoms with Crippen LogP contribution >= 0.6 is 34.8 Å². The number of fused-ring (bicyclic) bond motifs is 1. The SMILES string of the molecule is O=C(N[C@H]1CCc2c1ccc(Cl)c2Cl)c1ccncc1Cl. The molecular weight excluding hydrogens is 331 g/mol. The van der Waals surface area contributed by atoms with Crippen molar-refractivity contribution in [2.75, 3.05) is 0 Å². The Morgan fingerprint density at radius 1 is 1.19 bits per heavy atom. The summed E-state index contributed by atoms with van der Waals surface area (Å²) in [5.41, 5.74) is 2.44. The van der Waals surface area contributed by atoms with Crippen LogP contribution in [0.3, 0.4) is 0 Å². The van der Waals surface area contributed by atoms with Gasteiger partial charge in [0.2, 0.25) is 0 Å². The largest absolute Gasteiger partial charge is 0.345 e. The Labute approximate surface area is 137 Å². The van der Waals surface area contributed by atoms with Crippen LogP contribution in [0.1, 0.15) is 33.9 Å². The molecule has 1 aliphatic rings. The third-order valence-corrected chi connectivity index (χ3v) is 4.76. The molecule has 1 amide bonds. The van der Waals surface area contributed by atoms with Crippen LogP contribution in [-0.2, 0) is 6.42 Å². The summed E-state index contributed by atoms with van der Waals surface area (Å²) in [6.07, 6.45) is 4.59. The van der Waals surface area contributed by atoms with E-state index in [1.807, 2.05) is 6.07 Å². The van der Waals surface area contributed by atoms with Crippen molar-refractivity contribution in [3.8, 4) is 0 Å². The topological polar surface area (TPSA) is 42.0 Å². The molecular formula is C15H11Cl3N2O. The van der Waals surface area contributed by atoms with Crippen molar-refractivity contribution in [1.82, 2.24) is 10.3 Å². The molecule has 21 heavy (non-hydrogen) atoms. The van der Waals surface area contributed by atoms with Crippen molar-refractivity contribution in [1.29, 1.82) is 0 Å². The molecule has 1 aliphatic carbocycles. The molecule has 1 atom stereocenters. The van der Waals surface area contributed by atoms with Gasteiger partial charge in [-0.25, -0.2) is 0 Å². The molecule has 0 aliphatic heterocycles. The second kappa shape index (κ2) is 5.84. The number of pyridine rings is 1. The van der Waals surface area contributed by atoms with E-state index in [0.717, 1.165) is 24.0 Å². The van der Waals surface area contributed by atoms with E-state index in [9.17, 15) is 4.79 Å². The highest BCUT2D eigenvalue weighted by Gasteiger charge is 2.27. The Balaban J connectivity index is 1.85. The molecule has 1 aromatic carbocycles. The molecule has 0 saturated heterocycles. The zero-order valence-electron chi connectivity index (χ0n) is 10.9. The van der Waals surface area contributed by atoms with Crippen LogP contribution in [0.5, 0.6) is 0 Å². The summed E-state index contributed by atoms with van der Waals surface area (Å²) in [4.78, 5) is 16.2. The molecule has 1 heterocycles. The third kappa shape index (κ3) is 2.73. The lowest BCUT2D eigenvalue weighted by Gasteiger charge is -2.15. The highest BCUT2D eigenvalue weighted by Crippen LogP contribution is 2.39. The Morgan fingerprint density at radius 3 is 2.76 bits per heavy atom. The lowest BCUT2D eigenvalue weighted by atomic mass is 10.1. The van der Waals surface area contributed by atoms with Gasteiger partial charge in [-0.2, -0.15) is 0 Å². The molecule has 6 heteroatoms. The molecule has 108 valence electrons. The molecule has 0 fully saturated rings. The molecule has 3 rings (SSSR count). The van der Waals surface area contributed by atoms with Gasteiger partial charge in [0.25, 0.3) is 5.91 Å². The van der Waals surface area contributed by atoms with Crippen LogP contribution in [-0.4, -0.2) is 10.9 Å². The Bertz CT molecular complexity index is 718. The molecule has 0 spiro atoms. The van der Waals surface area contributed by atoms with Gasteiger partial charge in [0, 0.05) is 12.4 Å². The van der Waals surface area contributed by atoms with Crippen molar-refractivity contribution in [3.05, 3.63) is 62.4 Å². The zero-order valence-corrected chi connectivity index (χ0v) is 13.1. The van der Waals surface area contributed by atoms with Crippen LogP contribution in [0, 0.1) is 0 Å². The van der Waals surface area contributed by atoms with Gasteiger partial charge in [-0.05, 0) is 36.1 Å². The lowest BCUT2D eigenvalue weighted by molar-refractivity contribution is 0.0937. The number of carbonyl (C=O) groups excluding carboxylic acids is 1. The number of benzene rings is 1. The van der Waals surface area contributed by atoms with Gasteiger partial charge in [0.05, 0.1) is 26.7 Å². The average Bonchev–Trinajstić information content (AvgIpc) is 2.87. The van der Waals surface area contributed by atoms with Gasteiger partial charge < -0.3 is 5.32 Å². The Kier molecular flexibility index (Phi) is 4.07. The summed E-state index contributed by atoms with van der Waals surface area (Å²) >= 11 is 18.2. The molecule has 0 saturated carbocycles. The fourth-order valence-corrected chi connectivity index (χ4v) is 3.23. The van der Waals surface area contributed by atoms with Gasteiger partial charge in [-0.3, -0.25) is 9.78 Å². The summed E-state index contributed by atoms with van der Waals surface area (Å²) in [6, 6.07) is 5.19. The number of rotatable bonds is 2. The minimum Gasteiger partial charge on any atom is -0.345 e. The van der Waals surface area contributed by atoms with Gasteiger partial charge >= 0.3 is 0 Å². The first kappa shape index (κ1) is 14.6. The summed E-state index contributed by atoms with van der Waals surface area (Å²) in [6.45, 7) is 0. The van der Waals surface area contributed by atoms with E-state index in [-0.39, 0.29) is 11.9 Å². The van der Waals surface area contributed by atoms with Crippen molar-refractivity contribution >= 4 is 40.7 Å². The van der Waals surface area contributed by atoms with Crippen LogP contribution in [0.4, 0.5) is 0 Å². The fraction of sp³-hybridized carbons (Fsp3) is 0.200. The van der Waals surface area contributed by atoms with E-state index in [1.165, 1.54) is 6.20 Å². The number of halogens is 3. The number of nitrogens with zero attached hydrogens (tertiary/aromatic N) is 1. The second-order valence-electron chi connectivity index (χ2n) is 4.85. The van der Waals surface area contributed by atoms with Gasteiger partial charge in [0.15, 0.2) is 0 Å². The van der Waals surface area contributed by atoms with Gasteiger partial charge in [-0.1, -0.05) is 40.9 Å². The van der Waals surface area contributed by atoms with E-state index in [1.54, 1.807) is 18.3 Å². The number of carbonyl (C=O) groups is 1. The summed E-state index contributed by atoms with van der Waals surface area (Å²) < 4.78 is 0. The van der Waals surface area contributed by atoms with E-state index < -0.39 is 0 Å². The average molecular weight is 342 g/mol. The minimum absolute atomic E-state index is 0.0773. The number of amides is 1. The maximum Gasteiger partial charge on any atom is 0.253 e. The maximum atomic E-state index is 12.3. The smallest absolute Gasteiger partial charge is 0.253 e. The molecule has 3 nitrogen and oxygen atoms in total. The Hall–Kier alpha value is -1.29. The zero-order chi connectivity index (χ0) is 15.0. The van der Waals surface area contributed by atoms with Gasteiger partial charge in [0.1, 0.15) is 0 Å². The highest BCUT2D eigenvalue weighted by atomic mass is 35.5. The van der Waals surface area contributed by atoms with Crippen molar-refractivity contribution in [3.63, 3.8) is 0 Å². The molecule has 0 unspecified atom stereocenters. The lowest BCUT2D eigenvalue weighted by Crippen LogP contribution is -2.27. The normalized spacial score (nSPS) is 16.6. The molecule has 2 aromatic rings. The Morgan fingerprint density at radius 2 is 2.00 bits per heavy atom. The van der Waals surface area contributed by atoms with Crippen LogP contribution in [0.25, 0.3) is 0 Å². The number of hydrogen-bond acceptors (Lipinski definition) is 2. The number of aromatic nitrogens is 1. The predicted octanol–water partition coefficient (Wildman–Crippen LogP) is 4.46. The number of hydrogen-bond donors (Lipinski definition) is 1. The second-order valence-corrected chi connectivity index (χ2v) is 6.04. The molecule has 0 radical (unpaired) electrons. The van der Waals surface area contributed by atoms with E-state index in [4.69, 9.17) is 34.8 Å². The molecule has 1 N–H and O–H groups in total. The molecule has 1 aromatic heterocycles. The van der Waals surface area contributed by atoms with E-state index in [2.05, 4.69) is 10.3 Å². The predicted molar refractivity (Wildman–Crippen MR) is 84.2 cm³/mol. The first-order chi connectivity index (χ1) is 10.1. The fourth-order valence-electron chi connectivity index (χ4n) is 2.58.